The SMILES string of the molecule is C[C@@H](NC(=O)N1CCc2c([nH]c3ccccc23)[C@H]1c1ccc2c(c1)OCO2)c1ccccc1. The first-order valence-corrected chi connectivity index (χ1v) is 11.3. The van der Waals surface area contributed by atoms with Gasteiger partial charge in [-0.3, -0.25) is 0 Å². The van der Waals surface area contributed by atoms with Gasteiger partial charge < -0.3 is 24.7 Å². The largest absolute Gasteiger partial charge is 0.454 e. The second-order valence-electron chi connectivity index (χ2n) is 8.60. The summed E-state index contributed by atoms with van der Waals surface area (Å²) in [7, 11) is 0. The third-order valence-electron chi connectivity index (χ3n) is 6.65. The van der Waals surface area contributed by atoms with Gasteiger partial charge >= 0.3 is 6.03 Å². The van der Waals surface area contributed by atoms with Gasteiger partial charge in [-0.1, -0.05) is 54.6 Å². The number of aromatic nitrogens is 1. The summed E-state index contributed by atoms with van der Waals surface area (Å²) in [6.07, 6.45) is 0.799. The van der Waals surface area contributed by atoms with Crippen molar-refractivity contribution in [3.63, 3.8) is 0 Å². The molecule has 0 aliphatic carbocycles. The monoisotopic (exact) mass is 439 g/mol. The number of rotatable bonds is 3. The smallest absolute Gasteiger partial charge is 0.318 e. The molecule has 6 nitrogen and oxygen atoms in total. The maximum atomic E-state index is 13.6. The number of carbonyl (C=O) groups excluding carboxylic acids is 1. The van der Waals surface area contributed by atoms with E-state index in [-0.39, 0.29) is 24.9 Å². The molecule has 166 valence electrons. The maximum Gasteiger partial charge on any atom is 0.318 e. The second kappa shape index (κ2) is 7.89. The minimum Gasteiger partial charge on any atom is -0.454 e. The van der Waals surface area contributed by atoms with Gasteiger partial charge in [-0.05, 0) is 48.2 Å². The van der Waals surface area contributed by atoms with Crippen molar-refractivity contribution >= 4 is 16.9 Å². The number of nitrogens with zero attached hydrogens (tertiary/aromatic N) is 1. The van der Waals surface area contributed by atoms with Crippen LogP contribution in [0.2, 0.25) is 0 Å². The van der Waals surface area contributed by atoms with Crippen LogP contribution in [-0.2, 0) is 6.42 Å². The zero-order chi connectivity index (χ0) is 22.4. The van der Waals surface area contributed by atoms with E-state index in [9.17, 15) is 4.79 Å². The fourth-order valence-corrected chi connectivity index (χ4v) is 4.98. The third kappa shape index (κ3) is 3.39. The highest BCUT2D eigenvalue weighted by atomic mass is 16.7. The molecule has 2 aliphatic rings. The van der Waals surface area contributed by atoms with Crippen LogP contribution in [0.4, 0.5) is 4.79 Å². The highest BCUT2D eigenvalue weighted by Crippen LogP contribution is 2.42. The van der Waals surface area contributed by atoms with Crippen molar-refractivity contribution in [2.75, 3.05) is 13.3 Å². The number of aromatic amines is 1. The lowest BCUT2D eigenvalue weighted by Crippen LogP contribution is -2.46. The molecule has 2 N–H and O–H groups in total. The van der Waals surface area contributed by atoms with Gasteiger partial charge in [0.1, 0.15) is 0 Å². The van der Waals surface area contributed by atoms with Gasteiger partial charge in [0.05, 0.1) is 12.1 Å². The average molecular weight is 440 g/mol. The topological polar surface area (TPSA) is 66.6 Å². The average Bonchev–Trinajstić information content (AvgIpc) is 3.47. The molecular formula is C27H25N3O3. The Hall–Kier alpha value is -3.93. The molecule has 33 heavy (non-hydrogen) atoms. The Morgan fingerprint density at radius 3 is 2.70 bits per heavy atom. The van der Waals surface area contributed by atoms with E-state index >= 15 is 0 Å². The van der Waals surface area contributed by atoms with E-state index in [0.717, 1.165) is 34.5 Å². The molecule has 2 amide bonds. The van der Waals surface area contributed by atoms with Crippen LogP contribution in [0.1, 0.15) is 41.4 Å². The molecule has 1 aromatic heterocycles. The number of hydrogen-bond donors (Lipinski definition) is 2. The maximum absolute atomic E-state index is 13.6. The van der Waals surface area contributed by atoms with Gasteiger partial charge in [-0.2, -0.15) is 0 Å². The molecule has 6 rings (SSSR count). The molecule has 3 aromatic carbocycles. The first kappa shape index (κ1) is 19.7. The highest BCUT2D eigenvalue weighted by molar-refractivity contribution is 5.86. The molecular weight excluding hydrogens is 414 g/mol. The molecule has 0 bridgehead atoms. The summed E-state index contributed by atoms with van der Waals surface area (Å²) in [5, 5.41) is 4.42. The van der Waals surface area contributed by atoms with Crippen LogP contribution in [0.3, 0.4) is 0 Å². The summed E-state index contributed by atoms with van der Waals surface area (Å²) in [5.41, 5.74) is 5.49. The molecule has 2 atom stereocenters. The number of amides is 2. The van der Waals surface area contributed by atoms with E-state index in [1.807, 2.05) is 66.4 Å². The van der Waals surface area contributed by atoms with Gasteiger partial charge in [-0.15, -0.1) is 0 Å². The fraction of sp³-hybridized carbons (Fsp3) is 0.222. The number of hydrogen-bond acceptors (Lipinski definition) is 3. The van der Waals surface area contributed by atoms with Crippen molar-refractivity contribution in [1.82, 2.24) is 15.2 Å². The van der Waals surface area contributed by atoms with Crippen molar-refractivity contribution in [2.45, 2.75) is 25.4 Å². The van der Waals surface area contributed by atoms with Crippen molar-refractivity contribution in [3.8, 4) is 11.5 Å². The number of benzene rings is 3. The van der Waals surface area contributed by atoms with Gasteiger partial charge in [0.25, 0.3) is 0 Å². The van der Waals surface area contributed by atoms with Gasteiger partial charge in [-0.25, -0.2) is 4.79 Å². The number of nitrogens with one attached hydrogen (secondary N) is 2. The van der Waals surface area contributed by atoms with Crippen LogP contribution in [0.25, 0.3) is 10.9 Å². The van der Waals surface area contributed by atoms with Crippen molar-refractivity contribution in [1.29, 1.82) is 0 Å². The molecule has 4 aromatic rings. The predicted octanol–water partition coefficient (Wildman–Crippen LogP) is 5.31. The highest BCUT2D eigenvalue weighted by Gasteiger charge is 2.35. The summed E-state index contributed by atoms with van der Waals surface area (Å²) in [4.78, 5) is 19.1. The van der Waals surface area contributed by atoms with Crippen LogP contribution < -0.4 is 14.8 Å². The third-order valence-corrected chi connectivity index (χ3v) is 6.65. The number of urea groups is 1. The summed E-state index contributed by atoms with van der Waals surface area (Å²) < 4.78 is 11.2. The lowest BCUT2D eigenvalue weighted by molar-refractivity contribution is 0.172. The lowest BCUT2D eigenvalue weighted by Gasteiger charge is -2.37. The Kier molecular flexibility index (Phi) is 4.72. The van der Waals surface area contributed by atoms with E-state index in [4.69, 9.17) is 9.47 Å². The minimum atomic E-state index is -0.251. The number of ether oxygens (including phenoxy) is 2. The normalized spacial score (nSPS) is 17.6. The van der Waals surface area contributed by atoms with Gasteiger partial charge in [0.2, 0.25) is 6.79 Å². The zero-order valence-corrected chi connectivity index (χ0v) is 18.4. The summed E-state index contributed by atoms with van der Waals surface area (Å²) in [6.45, 7) is 2.86. The van der Waals surface area contributed by atoms with Crippen molar-refractivity contribution in [2.24, 2.45) is 0 Å². The van der Waals surface area contributed by atoms with E-state index in [2.05, 4.69) is 28.5 Å². The van der Waals surface area contributed by atoms with Crippen molar-refractivity contribution in [3.05, 3.63) is 95.2 Å². The molecule has 0 radical (unpaired) electrons. The number of para-hydroxylation sites is 1. The zero-order valence-electron chi connectivity index (χ0n) is 18.4. The molecule has 3 heterocycles. The predicted molar refractivity (Wildman–Crippen MR) is 127 cm³/mol. The fourth-order valence-electron chi connectivity index (χ4n) is 4.98. The molecule has 2 aliphatic heterocycles. The first-order chi connectivity index (χ1) is 16.2. The van der Waals surface area contributed by atoms with E-state index in [0.29, 0.717) is 12.3 Å². The van der Waals surface area contributed by atoms with Gasteiger partial charge in [0.15, 0.2) is 11.5 Å². The van der Waals surface area contributed by atoms with Crippen LogP contribution in [0.15, 0.2) is 72.8 Å². The molecule has 0 fully saturated rings. The Morgan fingerprint density at radius 2 is 1.82 bits per heavy atom. The Labute approximate surface area is 192 Å². The van der Waals surface area contributed by atoms with Crippen LogP contribution in [0.5, 0.6) is 11.5 Å². The summed E-state index contributed by atoms with van der Waals surface area (Å²) >= 11 is 0. The lowest BCUT2D eigenvalue weighted by atomic mass is 9.92. The first-order valence-electron chi connectivity index (χ1n) is 11.3. The van der Waals surface area contributed by atoms with E-state index < -0.39 is 0 Å². The number of fused-ring (bicyclic) bond motifs is 4. The molecule has 0 saturated carbocycles. The van der Waals surface area contributed by atoms with E-state index in [1.54, 1.807) is 0 Å². The van der Waals surface area contributed by atoms with Crippen LogP contribution in [0, 0.1) is 0 Å². The molecule has 0 spiro atoms. The summed E-state index contributed by atoms with van der Waals surface area (Å²) in [5.74, 6) is 1.45. The molecule has 6 heteroatoms. The van der Waals surface area contributed by atoms with E-state index in [1.165, 1.54) is 10.9 Å². The quantitative estimate of drug-likeness (QED) is 0.454. The Balaban J connectivity index is 1.40. The molecule has 0 saturated heterocycles. The van der Waals surface area contributed by atoms with Crippen LogP contribution >= 0.6 is 0 Å². The number of H-pyrrole nitrogens is 1. The van der Waals surface area contributed by atoms with Gasteiger partial charge in [0, 0.05) is 23.1 Å². The standard InChI is InChI=1S/C27H25N3O3/c1-17(18-7-3-2-4-8-18)28-27(31)30-14-13-21-20-9-5-6-10-22(20)29-25(21)26(30)19-11-12-23-24(15-19)33-16-32-23/h2-12,15,17,26,29H,13-14,16H2,1H3,(H,28,31)/t17-,26-/m1/s1. The minimum absolute atomic E-state index is 0.0849. The molecule has 0 unspecified atom stereocenters. The van der Waals surface area contributed by atoms with Crippen LogP contribution in [-0.4, -0.2) is 29.3 Å². The number of carbonyl (C=O) groups is 1. The second-order valence-corrected chi connectivity index (χ2v) is 8.60. The van der Waals surface area contributed by atoms with Crippen molar-refractivity contribution < 1.29 is 14.3 Å². The Morgan fingerprint density at radius 1 is 1.03 bits per heavy atom. The Bertz CT molecular complexity index is 1330. The summed E-state index contributed by atoms with van der Waals surface area (Å²) in [6, 6.07) is 23.9.